The van der Waals surface area contributed by atoms with E-state index in [-0.39, 0.29) is 0 Å². The van der Waals surface area contributed by atoms with Gasteiger partial charge in [-0.05, 0) is 25.0 Å². The molecule has 0 radical (unpaired) electrons. The van der Waals surface area contributed by atoms with Crippen LogP contribution in [0, 0.1) is 6.92 Å². The lowest BCUT2D eigenvalue weighted by Crippen LogP contribution is -1.83. The molecule has 0 spiro atoms. The molecular weight excluding hydrogens is 222 g/mol. The van der Waals surface area contributed by atoms with Crippen molar-refractivity contribution in [1.29, 1.82) is 0 Å². The van der Waals surface area contributed by atoms with Gasteiger partial charge in [0.05, 0.1) is 0 Å². The maximum absolute atomic E-state index is 5.26. The Kier molecular flexibility index (Phi) is 3.64. The minimum absolute atomic E-state index is 0.469. The lowest BCUT2D eigenvalue weighted by Gasteiger charge is -1.96. The molecule has 0 aliphatic rings. The van der Waals surface area contributed by atoms with E-state index >= 15 is 0 Å². The number of benzene rings is 1. The maximum Gasteiger partial charge on any atom is 0.167 e. The van der Waals surface area contributed by atoms with Crippen LogP contribution < -0.4 is 0 Å². The van der Waals surface area contributed by atoms with Crippen molar-refractivity contribution in [3.8, 4) is 11.3 Å². The fourth-order valence-electron chi connectivity index (χ4n) is 1.43. The fourth-order valence-corrected chi connectivity index (χ4v) is 1.67. The Balaban J connectivity index is 2.18. The molecule has 2 aromatic rings. The summed E-state index contributed by atoms with van der Waals surface area (Å²) in [6, 6.07) is 10.0. The molecule has 0 saturated carbocycles. The monoisotopic (exact) mass is 235 g/mol. The minimum Gasteiger partial charge on any atom is -0.356 e. The molecule has 0 atom stereocenters. The van der Waals surface area contributed by atoms with Crippen LogP contribution in [0.2, 0.25) is 0 Å². The summed E-state index contributed by atoms with van der Waals surface area (Å²) in [7, 11) is 0. The zero-order valence-electron chi connectivity index (χ0n) is 9.27. The van der Waals surface area contributed by atoms with Crippen LogP contribution in [0.1, 0.15) is 11.3 Å². The summed E-state index contributed by atoms with van der Waals surface area (Å²) in [5.74, 6) is 0.781. The fraction of sp³-hybridized carbons (Fsp3) is 0.250. The summed E-state index contributed by atoms with van der Waals surface area (Å²) in [5, 5.41) is 3.95. The standard InChI is InChI=1S/C12H13NO2S/c1-9-4-3-5-10(6-9)12-7-11(13-15-12)8-14-16-2/h3-7H,8H2,1-2H3. The van der Waals surface area contributed by atoms with E-state index in [4.69, 9.17) is 8.71 Å². The van der Waals surface area contributed by atoms with Crippen LogP contribution >= 0.6 is 12.0 Å². The lowest BCUT2D eigenvalue weighted by molar-refractivity contribution is 0.337. The van der Waals surface area contributed by atoms with E-state index in [1.165, 1.54) is 17.6 Å². The summed E-state index contributed by atoms with van der Waals surface area (Å²) in [6.45, 7) is 2.52. The molecule has 2 rings (SSSR count). The Morgan fingerprint density at radius 3 is 3.00 bits per heavy atom. The SMILES string of the molecule is CSOCc1cc(-c2cccc(C)c2)on1. The average molecular weight is 235 g/mol. The molecule has 0 amide bonds. The zero-order chi connectivity index (χ0) is 11.4. The summed E-state index contributed by atoms with van der Waals surface area (Å²) in [5.41, 5.74) is 3.06. The van der Waals surface area contributed by atoms with Crippen LogP contribution in [0.3, 0.4) is 0 Å². The van der Waals surface area contributed by atoms with Crippen molar-refractivity contribution in [2.75, 3.05) is 6.26 Å². The number of aromatic nitrogens is 1. The van der Waals surface area contributed by atoms with E-state index in [1.807, 2.05) is 24.5 Å². The molecule has 0 N–H and O–H groups in total. The van der Waals surface area contributed by atoms with Gasteiger partial charge in [-0.2, -0.15) is 0 Å². The molecule has 0 saturated heterocycles. The van der Waals surface area contributed by atoms with Gasteiger partial charge in [-0.25, -0.2) is 0 Å². The van der Waals surface area contributed by atoms with E-state index in [1.54, 1.807) is 0 Å². The third-order valence-corrected chi connectivity index (χ3v) is 2.54. The Morgan fingerprint density at radius 1 is 1.38 bits per heavy atom. The van der Waals surface area contributed by atoms with Gasteiger partial charge in [0.15, 0.2) is 5.76 Å². The van der Waals surface area contributed by atoms with Crippen LogP contribution in [0.15, 0.2) is 34.9 Å². The van der Waals surface area contributed by atoms with E-state index in [0.29, 0.717) is 6.61 Å². The summed E-state index contributed by atoms with van der Waals surface area (Å²) < 4.78 is 10.5. The average Bonchev–Trinajstić information content (AvgIpc) is 2.75. The zero-order valence-corrected chi connectivity index (χ0v) is 10.1. The molecule has 1 aromatic heterocycles. The molecule has 0 unspecified atom stereocenters. The quantitative estimate of drug-likeness (QED) is 0.760. The van der Waals surface area contributed by atoms with E-state index in [9.17, 15) is 0 Å². The molecule has 84 valence electrons. The van der Waals surface area contributed by atoms with E-state index in [0.717, 1.165) is 17.0 Å². The third-order valence-electron chi connectivity index (χ3n) is 2.19. The molecular formula is C12H13NO2S. The Morgan fingerprint density at radius 2 is 2.25 bits per heavy atom. The largest absolute Gasteiger partial charge is 0.356 e. The van der Waals surface area contributed by atoms with Crippen LogP contribution in [0.5, 0.6) is 0 Å². The summed E-state index contributed by atoms with van der Waals surface area (Å²) in [6.07, 6.45) is 1.88. The van der Waals surface area contributed by atoms with Gasteiger partial charge < -0.3 is 8.71 Å². The highest BCUT2D eigenvalue weighted by molar-refractivity contribution is 7.93. The van der Waals surface area contributed by atoms with Gasteiger partial charge in [0, 0.05) is 17.9 Å². The van der Waals surface area contributed by atoms with Crippen LogP contribution in [0.25, 0.3) is 11.3 Å². The smallest absolute Gasteiger partial charge is 0.167 e. The Bertz CT molecular complexity index is 468. The highest BCUT2D eigenvalue weighted by Gasteiger charge is 2.06. The number of nitrogens with zero attached hydrogens (tertiary/aromatic N) is 1. The van der Waals surface area contributed by atoms with E-state index in [2.05, 4.69) is 24.2 Å². The normalized spacial score (nSPS) is 10.6. The van der Waals surface area contributed by atoms with Crippen molar-refractivity contribution < 1.29 is 8.71 Å². The first-order valence-corrected chi connectivity index (χ1v) is 6.13. The molecule has 0 bridgehead atoms. The van der Waals surface area contributed by atoms with Crippen molar-refractivity contribution in [2.45, 2.75) is 13.5 Å². The molecule has 1 aromatic carbocycles. The number of aryl methyl sites for hydroxylation is 1. The molecule has 16 heavy (non-hydrogen) atoms. The topological polar surface area (TPSA) is 35.3 Å². The molecule has 0 aliphatic carbocycles. The molecule has 3 nitrogen and oxygen atoms in total. The van der Waals surface area contributed by atoms with Gasteiger partial charge >= 0.3 is 0 Å². The predicted molar refractivity (Wildman–Crippen MR) is 65.0 cm³/mol. The Labute approximate surface area is 99.0 Å². The lowest BCUT2D eigenvalue weighted by atomic mass is 10.1. The molecule has 4 heteroatoms. The first-order valence-electron chi connectivity index (χ1n) is 4.98. The highest BCUT2D eigenvalue weighted by Crippen LogP contribution is 2.21. The van der Waals surface area contributed by atoms with Crippen LogP contribution in [-0.2, 0) is 10.8 Å². The molecule has 1 heterocycles. The van der Waals surface area contributed by atoms with Crippen molar-refractivity contribution in [3.63, 3.8) is 0 Å². The molecule has 0 aliphatic heterocycles. The predicted octanol–water partition coefficient (Wildman–Crippen LogP) is 3.44. The first kappa shape index (κ1) is 11.2. The van der Waals surface area contributed by atoms with Crippen molar-refractivity contribution in [2.24, 2.45) is 0 Å². The second-order valence-corrected chi connectivity index (χ2v) is 4.05. The third kappa shape index (κ3) is 2.65. The first-order chi connectivity index (χ1) is 7.79. The molecule has 0 fully saturated rings. The van der Waals surface area contributed by atoms with Gasteiger partial charge in [-0.3, -0.25) is 0 Å². The van der Waals surface area contributed by atoms with Crippen molar-refractivity contribution in [3.05, 3.63) is 41.6 Å². The number of rotatable bonds is 4. The maximum atomic E-state index is 5.26. The van der Waals surface area contributed by atoms with Crippen molar-refractivity contribution >= 4 is 12.0 Å². The summed E-state index contributed by atoms with van der Waals surface area (Å²) >= 11 is 1.32. The van der Waals surface area contributed by atoms with Gasteiger partial charge in [-0.1, -0.05) is 28.9 Å². The second-order valence-electron chi connectivity index (χ2n) is 3.48. The van der Waals surface area contributed by atoms with Gasteiger partial charge in [0.2, 0.25) is 0 Å². The van der Waals surface area contributed by atoms with Crippen LogP contribution in [0.4, 0.5) is 0 Å². The second kappa shape index (κ2) is 5.18. The van der Waals surface area contributed by atoms with Gasteiger partial charge in [-0.15, -0.1) is 0 Å². The Hall–Kier alpha value is -1.26. The van der Waals surface area contributed by atoms with Gasteiger partial charge in [0.25, 0.3) is 0 Å². The van der Waals surface area contributed by atoms with E-state index < -0.39 is 0 Å². The van der Waals surface area contributed by atoms with Crippen LogP contribution in [-0.4, -0.2) is 11.4 Å². The number of hydrogen-bond acceptors (Lipinski definition) is 4. The number of hydrogen-bond donors (Lipinski definition) is 0. The summed E-state index contributed by atoms with van der Waals surface area (Å²) in [4.78, 5) is 0. The highest BCUT2D eigenvalue weighted by atomic mass is 32.2. The minimum atomic E-state index is 0.469. The van der Waals surface area contributed by atoms with Gasteiger partial charge in [0.1, 0.15) is 12.3 Å². The van der Waals surface area contributed by atoms with Crippen molar-refractivity contribution in [1.82, 2.24) is 5.16 Å².